The van der Waals surface area contributed by atoms with Crippen LogP contribution in [0, 0.1) is 12.5 Å². The van der Waals surface area contributed by atoms with Crippen LogP contribution in [-0.2, 0) is 22.8 Å². The molecule has 0 heterocycles. The van der Waals surface area contributed by atoms with Gasteiger partial charge in [0.1, 0.15) is 0 Å². The van der Waals surface area contributed by atoms with Crippen molar-refractivity contribution in [1.29, 1.82) is 0 Å². The number of methoxy groups -OCH3 is 1. The zero-order valence-electron chi connectivity index (χ0n) is 11.0. The fraction of sp³-hybridized carbons (Fsp3) is 0.667. The van der Waals surface area contributed by atoms with Gasteiger partial charge in [-0.15, -0.1) is 0 Å². The van der Waals surface area contributed by atoms with E-state index < -0.39 is 8.80 Å². The van der Waals surface area contributed by atoms with Gasteiger partial charge in [0.05, 0.1) is 7.11 Å². The van der Waals surface area contributed by atoms with Crippen molar-refractivity contribution in [2.75, 3.05) is 28.4 Å². The summed E-state index contributed by atoms with van der Waals surface area (Å²) in [7, 11) is 3.38. The minimum absolute atomic E-state index is 0. The van der Waals surface area contributed by atoms with E-state index in [1.54, 1.807) is 21.3 Å². The second-order valence-corrected chi connectivity index (χ2v) is 5.56. The molecule has 0 aliphatic carbocycles. The van der Waals surface area contributed by atoms with Crippen LogP contribution in [-0.4, -0.2) is 43.2 Å². The summed E-state index contributed by atoms with van der Waals surface area (Å²) in [4.78, 5) is 10.8. The van der Waals surface area contributed by atoms with E-state index in [0.29, 0.717) is 12.8 Å². The van der Waals surface area contributed by atoms with Crippen molar-refractivity contribution in [1.82, 2.24) is 0 Å². The molecular formula is C9H18O5Rf2Si-2. The molecule has 0 aromatic heterocycles. The van der Waals surface area contributed by atoms with Gasteiger partial charge in [0.25, 0.3) is 0 Å². The molecule has 8 heteroatoms. The maximum absolute atomic E-state index is 10.8. The van der Waals surface area contributed by atoms with E-state index in [9.17, 15) is 4.79 Å². The number of rotatable bonds is 8. The van der Waals surface area contributed by atoms with Gasteiger partial charge in [-0.3, -0.25) is 17.3 Å². The average Bonchev–Trinajstić information content (AvgIpc) is 2.30. The summed E-state index contributed by atoms with van der Waals surface area (Å²) in [6.45, 7) is 0. The SMILES string of the molecule is COC(=O)[CH-]CC[CH-][Si](OC)(OC)OC.[Rf].[Rf]. The zero-order chi connectivity index (χ0) is 11.7. The predicted octanol–water partition coefficient (Wildman–Crippen LogP) is 0.765. The van der Waals surface area contributed by atoms with Gasteiger partial charge >= 0.3 is 8.80 Å². The molecule has 0 saturated heterocycles. The fourth-order valence-corrected chi connectivity index (χ4v) is 2.56. The molecule has 0 aliphatic rings. The van der Waals surface area contributed by atoms with E-state index in [-0.39, 0.29) is 5.97 Å². The fourth-order valence-electron chi connectivity index (χ4n) is 1.04. The first-order chi connectivity index (χ1) is 7.14. The normalized spacial score (nSPS) is 9.88. The minimum atomic E-state index is -2.60. The molecule has 0 rings (SSSR count). The Bertz CT molecular complexity index is 182. The summed E-state index contributed by atoms with van der Waals surface area (Å²) in [5.41, 5.74) is 0. The van der Waals surface area contributed by atoms with Crippen molar-refractivity contribution in [2.24, 2.45) is 0 Å². The van der Waals surface area contributed by atoms with Crippen LogP contribution in [0.25, 0.3) is 0 Å². The first-order valence-corrected chi connectivity index (χ1v) is 6.35. The van der Waals surface area contributed by atoms with Gasteiger partial charge in [-0.05, 0) is 0 Å². The predicted molar refractivity (Wildman–Crippen MR) is 56.6 cm³/mol. The van der Waals surface area contributed by atoms with Crippen LogP contribution >= 0.6 is 0 Å². The van der Waals surface area contributed by atoms with Gasteiger partial charge in [0, 0.05) is 21.3 Å². The summed E-state index contributed by atoms with van der Waals surface area (Å²) in [6.07, 6.45) is 2.70. The number of unbranched alkanes of at least 4 members (excludes halogenated alkanes) is 1. The Morgan fingerprint density at radius 2 is 1.47 bits per heavy atom. The molecule has 0 saturated carbocycles. The third-order valence-corrected chi connectivity index (χ3v) is 4.42. The number of esters is 1. The molecule has 17 heavy (non-hydrogen) atoms. The standard InChI is InChI=1S/C9H18O5Si.2Rf/c1-11-9(10)7-5-6-8-15(12-2,13-3)14-4;;/h7-8H,5-6H2,1-4H3;;/q-2;;. The molecule has 94 valence electrons. The first kappa shape index (κ1) is 19.9. The van der Waals surface area contributed by atoms with Crippen LogP contribution in [0.5, 0.6) is 0 Å². The monoisotopic (exact) mass is 768 g/mol. The number of hydrogen-bond donors (Lipinski definition) is 0. The summed E-state index contributed by atoms with van der Waals surface area (Å²) in [5, 5.41) is 0. The second kappa shape index (κ2) is 9.97. The zero-order valence-corrected chi connectivity index (χ0v) is 24.8. The van der Waals surface area contributed by atoms with Crippen LogP contribution in [0.2, 0.25) is 0 Å². The van der Waals surface area contributed by atoms with Gasteiger partial charge in [-0.25, -0.2) is 0 Å². The van der Waals surface area contributed by atoms with E-state index in [4.69, 9.17) is 13.3 Å². The Kier molecular flexibility index (Phi) is 11.7. The molecule has 0 bridgehead atoms. The molecule has 0 atom stereocenters. The third kappa shape index (κ3) is 6.51. The first-order valence-electron chi connectivity index (χ1n) is 4.55. The smallest absolute Gasteiger partial charge is 0.328 e. The van der Waals surface area contributed by atoms with Gasteiger partial charge in [-0.1, -0.05) is 0 Å². The summed E-state index contributed by atoms with van der Waals surface area (Å²) in [5.74, 6) is -0.331. The molecule has 0 radical (unpaired) electrons. The van der Waals surface area contributed by atoms with Gasteiger partial charge in [0.15, 0.2) is 5.97 Å². The minimum Gasteiger partial charge on any atom is -0.491 e. The van der Waals surface area contributed by atoms with Crippen LogP contribution in [0.3, 0.4) is 0 Å². The maximum Gasteiger partial charge on any atom is 0.328 e. The Morgan fingerprint density at radius 3 is 1.82 bits per heavy atom. The van der Waals surface area contributed by atoms with E-state index in [1.807, 2.05) is 6.04 Å². The molecular weight excluding hydrogens is 750 g/mol. The molecule has 5 nitrogen and oxygen atoms in total. The molecule has 0 aromatic rings. The molecule has 0 unspecified atom stereocenters. The Hall–Kier alpha value is -2.56. The van der Waals surface area contributed by atoms with Crippen molar-refractivity contribution in [3.8, 4) is 0 Å². The van der Waals surface area contributed by atoms with Crippen molar-refractivity contribution in [3.63, 3.8) is 0 Å². The summed E-state index contributed by atoms with van der Waals surface area (Å²) < 4.78 is 20.0. The van der Waals surface area contributed by atoms with Crippen LogP contribution in [0.1, 0.15) is 12.8 Å². The van der Waals surface area contributed by atoms with Gasteiger partial charge in [0.2, 0.25) is 0 Å². The molecule has 0 aromatic carbocycles. The Morgan fingerprint density at radius 1 is 1.00 bits per heavy atom. The van der Waals surface area contributed by atoms with E-state index in [2.05, 4.69) is 4.74 Å². The van der Waals surface area contributed by atoms with Crippen LogP contribution in [0.4, 0.5) is 0 Å². The number of carbonyl (C=O) groups is 1. The van der Waals surface area contributed by atoms with Crippen LogP contribution < -0.4 is 0 Å². The second-order valence-electron chi connectivity index (χ2n) is 2.72. The number of hydrogen-bond acceptors (Lipinski definition) is 5. The van der Waals surface area contributed by atoms with Gasteiger partial charge in [-0.2, -0.15) is 12.8 Å². The van der Waals surface area contributed by atoms with E-state index in [0.717, 1.165) is 0 Å². The Balaban J connectivity index is -0.000000980. The van der Waals surface area contributed by atoms with Gasteiger partial charge < -0.3 is 18.0 Å². The molecule has 0 amide bonds. The van der Waals surface area contributed by atoms with Crippen molar-refractivity contribution < 1.29 is 22.8 Å². The van der Waals surface area contributed by atoms with E-state index >= 15 is 0 Å². The number of ether oxygens (including phenoxy) is 1. The average molecular weight is 768 g/mol. The maximum atomic E-state index is 10.8. The molecule has 0 N–H and O–H groups in total. The topological polar surface area (TPSA) is 54.0 Å². The molecule has 0 spiro atoms. The summed E-state index contributed by atoms with van der Waals surface area (Å²) >= 11 is 0. The quantitative estimate of drug-likeness (QED) is 0.158. The summed E-state index contributed by atoms with van der Waals surface area (Å²) in [6, 6.07) is 1.84. The van der Waals surface area contributed by atoms with E-state index in [1.165, 1.54) is 13.5 Å². The molecule has 0 fully saturated rings. The largest absolute Gasteiger partial charge is 0.491 e. The van der Waals surface area contributed by atoms with Crippen molar-refractivity contribution >= 4 is 14.8 Å². The third-order valence-electron chi connectivity index (χ3n) is 1.93. The van der Waals surface area contributed by atoms with Crippen LogP contribution in [0.15, 0.2) is 0 Å². The molecule has 0 aliphatic heterocycles. The number of carbonyl (C=O) groups excluding carboxylic acids is 1. The van der Waals surface area contributed by atoms with Crippen molar-refractivity contribution in [2.45, 2.75) is 12.8 Å². The van der Waals surface area contributed by atoms with Crippen molar-refractivity contribution in [3.05, 3.63) is 12.5 Å². The Labute approximate surface area is 92.0 Å².